The monoisotopic (exact) mass is 253 g/mol. The molecule has 0 aliphatic carbocycles. The van der Waals surface area contributed by atoms with E-state index in [4.69, 9.17) is 4.74 Å². The zero-order valence-electron chi connectivity index (χ0n) is 11.5. The van der Waals surface area contributed by atoms with Crippen molar-refractivity contribution in [2.24, 2.45) is 7.05 Å². The Morgan fingerprint density at radius 2 is 2.39 bits per heavy atom. The Bertz CT molecular complexity index is 367. The molecule has 18 heavy (non-hydrogen) atoms. The fourth-order valence-corrected chi connectivity index (χ4v) is 2.32. The van der Waals surface area contributed by atoms with Gasteiger partial charge in [-0.15, -0.1) is 5.10 Å². The van der Waals surface area contributed by atoms with Crippen molar-refractivity contribution >= 4 is 0 Å². The molecule has 0 radical (unpaired) electrons. The normalized spacial score (nSPS) is 23.2. The summed E-state index contributed by atoms with van der Waals surface area (Å²) in [4.78, 5) is 2.30. The Morgan fingerprint density at radius 1 is 1.56 bits per heavy atom. The van der Waals surface area contributed by atoms with Gasteiger partial charge in [0, 0.05) is 20.1 Å². The standard InChI is InChI=1S/C12H23N5O/c1-4-5-13-12(10-8-14-15-17(10)3)11-9-16(2)6-7-18-11/h8,11-13H,4-7,9H2,1-3H3. The van der Waals surface area contributed by atoms with E-state index in [1.807, 2.05) is 17.9 Å². The number of hydrogen-bond acceptors (Lipinski definition) is 5. The molecule has 102 valence electrons. The molecule has 1 N–H and O–H groups in total. The molecule has 1 aliphatic heterocycles. The first kappa shape index (κ1) is 13.5. The Kier molecular flexibility index (Phi) is 4.68. The summed E-state index contributed by atoms with van der Waals surface area (Å²) in [6.45, 7) is 5.86. The topological polar surface area (TPSA) is 55.2 Å². The van der Waals surface area contributed by atoms with E-state index in [1.54, 1.807) is 0 Å². The largest absolute Gasteiger partial charge is 0.374 e. The lowest BCUT2D eigenvalue weighted by atomic mass is 10.1. The number of nitrogens with one attached hydrogen (secondary N) is 1. The predicted octanol–water partition coefficient (Wildman–Crippen LogP) is 0.186. The molecule has 2 heterocycles. The first-order valence-corrected chi connectivity index (χ1v) is 6.60. The van der Waals surface area contributed by atoms with E-state index in [-0.39, 0.29) is 12.1 Å². The van der Waals surface area contributed by atoms with Gasteiger partial charge in [0.25, 0.3) is 0 Å². The molecular weight excluding hydrogens is 230 g/mol. The highest BCUT2D eigenvalue weighted by atomic mass is 16.5. The molecule has 6 nitrogen and oxygen atoms in total. The molecule has 1 saturated heterocycles. The molecule has 2 rings (SSSR count). The first-order valence-electron chi connectivity index (χ1n) is 6.60. The van der Waals surface area contributed by atoms with Gasteiger partial charge in [0.15, 0.2) is 0 Å². The molecule has 1 aromatic rings. The van der Waals surface area contributed by atoms with E-state index in [0.717, 1.165) is 38.4 Å². The van der Waals surface area contributed by atoms with Gasteiger partial charge in [0.1, 0.15) is 0 Å². The van der Waals surface area contributed by atoms with Crippen molar-refractivity contribution in [1.82, 2.24) is 25.2 Å². The minimum Gasteiger partial charge on any atom is -0.374 e. The second kappa shape index (κ2) is 6.26. The fraction of sp³-hybridized carbons (Fsp3) is 0.833. The van der Waals surface area contributed by atoms with Gasteiger partial charge in [-0.2, -0.15) is 0 Å². The molecular formula is C12H23N5O. The Balaban J connectivity index is 2.11. The number of aromatic nitrogens is 3. The van der Waals surface area contributed by atoms with Gasteiger partial charge in [-0.25, -0.2) is 0 Å². The SMILES string of the molecule is CCCNC(c1cnnn1C)C1CN(C)CCO1. The molecule has 6 heteroatoms. The van der Waals surface area contributed by atoms with Crippen molar-refractivity contribution in [3.05, 3.63) is 11.9 Å². The van der Waals surface area contributed by atoms with Crippen molar-refractivity contribution < 1.29 is 4.74 Å². The van der Waals surface area contributed by atoms with Gasteiger partial charge in [-0.05, 0) is 20.0 Å². The van der Waals surface area contributed by atoms with Crippen LogP contribution in [-0.4, -0.2) is 59.3 Å². The third-order valence-corrected chi connectivity index (χ3v) is 3.35. The number of rotatable bonds is 5. The summed E-state index contributed by atoms with van der Waals surface area (Å²) in [6, 6.07) is 0.160. The number of hydrogen-bond donors (Lipinski definition) is 1. The minimum absolute atomic E-state index is 0.160. The number of nitrogens with zero attached hydrogens (tertiary/aromatic N) is 4. The highest BCUT2D eigenvalue weighted by Gasteiger charge is 2.29. The van der Waals surface area contributed by atoms with Gasteiger partial charge >= 0.3 is 0 Å². The zero-order chi connectivity index (χ0) is 13.0. The summed E-state index contributed by atoms with van der Waals surface area (Å²) in [7, 11) is 4.06. The van der Waals surface area contributed by atoms with Crippen LogP contribution in [0.4, 0.5) is 0 Å². The summed E-state index contributed by atoms with van der Waals surface area (Å²) in [6.07, 6.45) is 3.09. The van der Waals surface area contributed by atoms with Gasteiger partial charge in [0.05, 0.1) is 30.6 Å². The average Bonchev–Trinajstić information content (AvgIpc) is 2.77. The molecule has 1 aromatic heterocycles. The van der Waals surface area contributed by atoms with Gasteiger partial charge in [0.2, 0.25) is 0 Å². The van der Waals surface area contributed by atoms with E-state index in [9.17, 15) is 0 Å². The molecule has 0 bridgehead atoms. The van der Waals surface area contributed by atoms with E-state index in [2.05, 4.69) is 34.5 Å². The van der Waals surface area contributed by atoms with Crippen molar-refractivity contribution in [2.75, 3.05) is 33.3 Å². The molecule has 0 spiro atoms. The second-order valence-electron chi connectivity index (χ2n) is 4.89. The number of morpholine rings is 1. The lowest BCUT2D eigenvalue weighted by molar-refractivity contribution is -0.0405. The van der Waals surface area contributed by atoms with E-state index in [1.165, 1.54) is 0 Å². The molecule has 0 aromatic carbocycles. The molecule has 1 fully saturated rings. The summed E-state index contributed by atoms with van der Waals surface area (Å²) >= 11 is 0. The molecule has 0 amide bonds. The van der Waals surface area contributed by atoms with Crippen LogP contribution >= 0.6 is 0 Å². The maximum Gasteiger partial charge on any atom is 0.0912 e. The quantitative estimate of drug-likeness (QED) is 0.811. The lowest BCUT2D eigenvalue weighted by Crippen LogP contribution is -2.47. The molecule has 2 unspecified atom stereocenters. The molecule has 2 atom stereocenters. The van der Waals surface area contributed by atoms with Crippen molar-refractivity contribution in [2.45, 2.75) is 25.5 Å². The minimum atomic E-state index is 0.160. The van der Waals surface area contributed by atoms with Crippen molar-refractivity contribution in [3.63, 3.8) is 0 Å². The van der Waals surface area contributed by atoms with Gasteiger partial charge in [-0.3, -0.25) is 4.68 Å². The number of likely N-dealkylation sites (N-methyl/N-ethyl adjacent to an activating group) is 1. The van der Waals surface area contributed by atoms with Crippen LogP contribution in [0, 0.1) is 0 Å². The van der Waals surface area contributed by atoms with Crippen LogP contribution < -0.4 is 5.32 Å². The highest BCUT2D eigenvalue weighted by molar-refractivity contribution is 5.06. The number of ether oxygens (including phenoxy) is 1. The zero-order valence-corrected chi connectivity index (χ0v) is 11.5. The summed E-state index contributed by atoms with van der Waals surface area (Å²) in [5, 5.41) is 11.5. The van der Waals surface area contributed by atoms with Crippen LogP contribution in [0.25, 0.3) is 0 Å². The smallest absolute Gasteiger partial charge is 0.0912 e. The molecule has 1 aliphatic rings. The van der Waals surface area contributed by atoms with Crippen molar-refractivity contribution in [3.8, 4) is 0 Å². The van der Waals surface area contributed by atoms with Crippen LogP contribution in [-0.2, 0) is 11.8 Å². The Hall–Kier alpha value is -0.980. The Morgan fingerprint density at radius 3 is 3.00 bits per heavy atom. The maximum atomic E-state index is 5.91. The van der Waals surface area contributed by atoms with Crippen LogP contribution in [0.5, 0.6) is 0 Å². The summed E-state index contributed by atoms with van der Waals surface area (Å²) in [5.74, 6) is 0. The summed E-state index contributed by atoms with van der Waals surface area (Å²) < 4.78 is 7.74. The first-order chi connectivity index (χ1) is 8.72. The summed E-state index contributed by atoms with van der Waals surface area (Å²) in [5.41, 5.74) is 1.09. The van der Waals surface area contributed by atoms with Crippen LogP contribution in [0.1, 0.15) is 25.1 Å². The highest BCUT2D eigenvalue weighted by Crippen LogP contribution is 2.21. The van der Waals surface area contributed by atoms with Crippen LogP contribution in [0.3, 0.4) is 0 Å². The van der Waals surface area contributed by atoms with E-state index in [0.29, 0.717) is 0 Å². The van der Waals surface area contributed by atoms with Crippen LogP contribution in [0.15, 0.2) is 6.20 Å². The van der Waals surface area contributed by atoms with E-state index >= 15 is 0 Å². The van der Waals surface area contributed by atoms with Gasteiger partial charge in [-0.1, -0.05) is 12.1 Å². The van der Waals surface area contributed by atoms with Crippen LogP contribution in [0.2, 0.25) is 0 Å². The Labute approximate surface area is 108 Å². The van der Waals surface area contributed by atoms with Gasteiger partial charge < -0.3 is 15.0 Å². The third-order valence-electron chi connectivity index (χ3n) is 3.35. The second-order valence-corrected chi connectivity index (χ2v) is 4.89. The fourth-order valence-electron chi connectivity index (χ4n) is 2.32. The number of aryl methyl sites for hydroxylation is 1. The van der Waals surface area contributed by atoms with Crippen molar-refractivity contribution in [1.29, 1.82) is 0 Å². The van der Waals surface area contributed by atoms with E-state index < -0.39 is 0 Å². The molecule has 0 saturated carbocycles. The average molecular weight is 253 g/mol. The third kappa shape index (κ3) is 3.07. The lowest BCUT2D eigenvalue weighted by Gasteiger charge is -2.35. The predicted molar refractivity (Wildman–Crippen MR) is 69.3 cm³/mol. The maximum absolute atomic E-state index is 5.91.